The molecule has 132 valence electrons. The van der Waals surface area contributed by atoms with Gasteiger partial charge in [-0.1, -0.05) is 28.9 Å². The SMILES string of the molecule is Cc1cc(C(=O)OCC(=O)N2CCN(c3ccccc3Cl)CC2)on1. The first kappa shape index (κ1) is 17.3. The van der Waals surface area contributed by atoms with E-state index in [1.807, 2.05) is 24.3 Å². The summed E-state index contributed by atoms with van der Waals surface area (Å²) < 4.78 is 9.80. The summed E-state index contributed by atoms with van der Waals surface area (Å²) in [5.74, 6) is -0.930. The van der Waals surface area contributed by atoms with Gasteiger partial charge in [0.2, 0.25) is 5.76 Å². The van der Waals surface area contributed by atoms with Crippen molar-refractivity contribution in [3.63, 3.8) is 0 Å². The van der Waals surface area contributed by atoms with E-state index in [9.17, 15) is 9.59 Å². The minimum Gasteiger partial charge on any atom is -0.450 e. The Morgan fingerprint density at radius 1 is 1.24 bits per heavy atom. The van der Waals surface area contributed by atoms with E-state index in [-0.39, 0.29) is 18.3 Å². The maximum Gasteiger partial charge on any atom is 0.377 e. The zero-order chi connectivity index (χ0) is 17.8. The van der Waals surface area contributed by atoms with Crippen molar-refractivity contribution >= 4 is 29.2 Å². The molecular weight excluding hydrogens is 346 g/mol. The van der Waals surface area contributed by atoms with Crippen molar-refractivity contribution in [3.8, 4) is 0 Å². The van der Waals surface area contributed by atoms with Gasteiger partial charge in [-0.2, -0.15) is 0 Å². The molecule has 0 atom stereocenters. The highest BCUT2D eigenvalue weighted by atomic mass is 35.5. The van der Waals surface area contributed by atoms with Gasteiger partial charge in [0.1, 0.15) is 0 Å². The predicted octanol–water partition coefficient (Wildman–Crippen LogP) is 2.14. The number of benzene rings is 1. The molecule has 0 N–H and O–H groups in total. The van der Waals surface area contributed by atoms with Crippen LogP contribution in [0.5, 0.6) is 0 Å². The lowest BCUT2D eigenvalue weighted by atomic mass is 10.2. The third-order valence-corrected chi connectivity index (χ3v) is 4.30. The zero-order valence-electron chi connectivity index (χ0n) is 13.8. The van der Waals surface area contributed by atoms with Crippen molar-refractivity contribution in [2.24, 2.45) is 0 Å². The lowest BCUT2D eigenvalue weighted by Gasteiger charge is -2.36. The van der Waals surface area contributed by atoms with Crippen molar-refractivity contribution < 1.29 is 18.8 Å². The van der Waals surface area contributed by atoms with Gasteiger partial charge < -0.3 is 19.1 Å². The van der Waals surface area contributed by atoms with Crippen LogP contribution in [0.4, 0.5) is 5.69 Å². The maximum atomic E-state index is 12.2. The van der Waals surface area contributed by atoms with Crippen molar-refractivity contribution in [2.75, 3.05) is 37.7 Å². The molecule has 0 saturated carbocycles. The topological polar surface area (TPSA) is 75.9 Å². The number of hydrogen-bond acceptors (Lipinski definition) is 6. The lowest BCUT2D eigenvalue weighted by molar-refractivity contribution is -0.134. The molecule has 1 aliphatic heterocycles. The fourth-order valence-electron chi connectivity index (χ4n) is 2.65. The molecule has 1 aliphatic rings. The average molecular weight is 364 g/mol. The molecule has 0 aliphatic carbocycles. The molecule has 1 amide bonds. The van der Waals surface area contributed by atoms with Gasteiger partial charge in [0, 0.05) is 32.2 Å². The predicted molar refractivity (Wildman–Crippen MR) is 91.8 cm³/mol. The Bertz CT molecular complexity index is 769. The van der Waals surface area contributed by atoms with E-state index in [2.05, 4.69) is 10.1 Å². The molecule has 7 nitrogen and oxygen atoms in total. The first-order chi connectivity index (χ1) is 12.0. The largest absolute Gasteiger partial charge is 0.450 e. The molecule has 2 aromatic rings. The molecule has 2 heterocycles. The van der Waals surface area contributed by atoms with Crippen LogP contribution >= 0.6 is 11.6 Å². The van der Waals surface area contributed by atoms with Crippen molar-refractivity contribution in [1.29, 1.82) is 0 Å². The standard InChI is InChI=1S/C17H18ClN3O4/c1-12-10-15(25-19-12)17(23)24-11-16(22)21-8-6-20(7-9-21)14-5-3-2-4-13(14)18/h2-5,10H,6-9,11H2,1H3. The van der Waals surface area contributed by atoms with Gasteiger partial charge in [-0.25, -0.2) is 4.79 Å². The number of amides is 1. The third kappa shape index (κ3) is 4.11. The molecule has 0 bridgehead atoms. The van der Waals surface area contributed by atoms with Gasteiger partial charge in [0.15, 0.2) is 6.61 Å². The Morgan fingerprint density at radius 3 is 2.60 bits per heavy atom. The van der Waals surface area contributed by atoms with Crippen molar-refractivity contribution in [1.82, 2.24) is 10.1 Å². The van der Waals surface area contributed by atoms with Crippen LogP contribution in [0.15, 0.2) is 34.9 Å². The first-order valence-electron chi connectivity index (χ1n) is 7.92. The number of para-hydroxylation sites is 1. The molecule has 1 saturated heterocycles. The van der Waals surface area contributed by atoms with Crippen LogP contribution < -0.4 is 4.90 Å². The molecule has 25 heavy (non-hydrogen) atoms. The number of piperazine rings is 1. The minimum atomic E-state index is -0.691. The van der Waals surface area contributed by atoms with Crippen LogP contribution in [0.25, 0.3) is 0 Å². The summed E-state index contributed by atoms with van der Waals surface area (Å²) in [5, 5.41) is 4.30. The summed E-state index contributed by atoms with van der Waals surface area (Å²) in [7, 11) is 0. The van der Waals surface area contributed by atoms with Crippen LogP contribution in [-0.2, 0) is 9.53 Å². The van der Waals surface area contributed by atoms with E-state index in [0.717, 1.165) is 5.69 Å². The van der Waals surface area contributed by atoms with Crippen LogP contribution in [0, 0.1) is 6.92 Å². The Kier molecular flexibility index (Phi) is 5.23. The van der Waals surface area contributed by atoms with E-state index in [1.54, 1.807) is 11.8 Å². The zero-order valence-corrected chi connectivity index (χ0v) is 14.5. The smallest absolute Gasteiger partial charge is 0.377 e. The second-order valence-corrected chi connectivity index (χ2v) is 6.14. The number of ether oxygens (including phenoxy) is 1. The number of esters is 1. The number of carbonyl (C=O) groups excluding carboxylic acids is 2. The van der Waals surface area contributed by atoms with Gasteiger partial charge in [0.05, 0.1) is 16.4 Å². The summed E-state index contributed by atoms with van der Waals surface area (Å²) in [4.78, 5) is 27.8. The Hall–Kier alpha value is -2.54. The molecular formula is C17H18ClN3O4. The van der Waals surface area contributed by atoms with Gasteiger partial charge in [-0.05, 0) is 19.1 Å². The normalized spacial score (nSPS) is 14.5. The number of rotatable bonds is 4. The van der Waals surface area contributed by atoms with Gasteiger partial charge >= 0.3 is 5.97 Å². The van der Waals surface area contributed by atoms with Gasteiger partial charge in [-0.3, -0.25) is 4.79 Å². The number of halogens is 1. The van der Waals surface area contributed by atoms with Gasteiger partial charge in [-0.15, -0.1) is 0 Å². The first-order valence-corrected chi connectivity index (χ1v) is 8.30. The van der Waals surface area contributed by atoms with Gasteiger partial charge in [0.25, 0.3) is 5.91 Å². The molecule has 0 unspecified atom stereocenters. The Balaban J connectivity index is 1.48. The number of nitrogens with zero attached hydrogens (tertiary/aromatic N) is 3. The molecule has 3 rings (SSSR count). The second kappa shape index (κ2) is 7.57. The van der Waals surface area contributed by atoms with Crippen LogP contribution in [0.3, 0.4) is 0 Å². The average Bonchev–Trinajstić information content (AvgIpc) is 3.06. The quantitative estimate of drug-likeness (QED) is 0.775. The summed E-state index contributed by atoms with van der Waals surface area (Å²) in [5.41, 5.74) is 1.54. The number of hydrogen-bond donors (Lipinski definition) is 0. The van der Waals surface area contributed by atoms with E-state index in [0.29, 0.717) is 36.9 Å². The highest BCUT2D eigenvalue weighted by Crippen LogP contribution is 2.26. The number of anilines is 1. The van der Waals surface area contributed by atoms with E-state index in [4.69, 9.17) is 20.9 Å². The third-order valence-electron chi connectivity index (χ3n) is 3.98. The minimum absolute atomic E-state index is 0.00570. The molecule has 0 radical (unpaired) electrons. The maximum absolute atomic E-state index is 12.2. The Morgan fingerprint density at radius 2 is 1.96 bits per heavy atom. The van der Waals surface area contributed by atoms with Crippen molar-refractivity contribution in [2.45, 2.75) is 6.92 Å². The summed E-state index contributed by atoms with van der Waals surface area (Å²) in [6.45, 7) is 3.82. The number of aromatic nitrogens is 1. The highest BCUT2D eigenvalue weighted by Gasteiger charge is 2.24. The van der Waals surface area contributed by atoms with Crippen LogP contribution in [-0.4, -0.2) is 54.7 Å². The Labute approximate surface area is 150 Å². The summed E-state index contributed by atoms with van der Waals surface area (Å²) in [6, 6.07) is 9.09. The number of aryl methyl sites for hydroxylation is 1. The summed E-state index contributed by atoms with van der Waals surface area (Å²) in [6.07, 6.45) is 0. The fraction of sp³-hybridized carbons (Fsp3) is 0.353. The monoisotopic (exact) mass is 363 g/mol. The van der Waals surface area contributed by atoms with E-state index in [1.165, 1.54) is 6.07 Å². The molecule has 8 heteroatoms. The van der Waals surface area contributed by atoms with E-state index < -0.39 is 5.97 Å². The highest BCUT2D eigenvalue weighted by molar-refractivity contribution is 6.33. The molecule has 0 spiro atoms. The number of carbonyl (C=O) groups is 2. The second-order valence-electron chi connectivity index (χ2n) is 5.73. The van der Waals surface area contributed by atoms with Crippen LogP contribution in [0.2, 0.25) is 5.02 Å². The molecule has 1 aromatic carbocycles. The van der Waals surface area contributed by atoms with E-state index >= 15 is 0 Å². The summed E-state index contributed by atoms with van der Waals surface area (Å²) >= 11 is 6.21. The molecule has 1 fully saturated rings. The van der Waals surface area contributed by atoms with Crippen LogP contribution in [0.1, 0.15) is 16.2 Å². The fourth-order valence-corrected chi connectivity index (χ4v) is 2.91. The molecule has 1 aromatic heterocycles. The van der Waals surface area contributed by atoms with Crippen molar-refractivity contribution in [3.05, 3.63) is 46.8 Å². The lowest BCUT2D eigenvalue weighted by Crippen LogP contribution is -2.50.